The second kappa shape index (κ2) is 12.2. The Labute approximate surface area is 284 Å². The number of hydrogen-bond donors (Lipinski definition) is 0. The molecule has 230 valence electrons. The highest BCUT2D eigenvalue weighted by atomic mass is 15.0. The van der Waals surface area contributed by atoms with Gasteiger partial charge < -0.3 is 4.57 Å². The van der Waals surface area contributed by atoms with Crippen LogP contribution in [0, 0.1) is 0 Å². The molecular formula is C45H30N4. The number of rotatable bonds is 6. The Hall–Kier alpha value is -6.65. The van der Waals surface area contributed by atoms with E-state index < -0.39 is 0 Å². The zero-order chi connectivity index (χ0) is 32.6. The average Bonchev–Trinajstić information content (AvgIpc) is 3.52. The molecule has 0 fully saturated rings. The molecular weight excluding hydrogens is 597 g/mol. The monoisotopic (exact) mass is 626 g/mol. The SMILES string of the molecule is c1ccc(-c2nc(-c3ccccc3)nc(-c3ccccc3-c3cccc(-c4ccccc4)c3-n3c4ccccc4c4ccccc43)n2)cc1. The summed E-state index contributed by atoms with van der Waals surface area (Å²) in [6.07, 6.45) is 0. The highest BCUT2D eigenvalue weighted by Crippen LogP contribution is 2.43. The van der Waals surface area contributed by atoms with E-state index in [-0.39, 0.29) is 0 Å². The summed E-state index contributed by atoms with van der Waals surface area (Å²) in [6.45, 7) is 0. The molecule has 0 unspecified atom stereocenters. The van der Waals surface area contributed by atoms with E-state index in [9.17, 15) is 0 Å². The first kappa shape index (κ1) is 28.6. The van der Waals surface area contributed by atoms with Crippen molar-refractivity contribution in [2.24, 2.45) is 0 Å². The van der Waals surface area contributed by atoms with Gasteiger partial charge in [-0.2, -0.15) is 0 Å². The van der Waals surface area contributed by atoms with Crippen molar-refractivity contribution in [1.29, 1.82) is 0 Å². The molecule has 2 heterocycles. The Morgan fingerprint density at radius 3 is 1.27 bits per heavy atom. The molecule has 49 heavy (non-hydrogen) atoms. The van der Waals surface area contributed by atoms with Gasteiger partial charge in [0.25, 0.3) is 0 Å². The van der Waals surface area contributed by atoms with E-state index in [4.69, 9.17) is 15.0 Å². The molecule has 0 saturated heterocycles. The Kier molecular flexibility index (Phi) is 7.10. The lowest BCUT2D eigenvalue weighted by molar-refractivity contribution is 1.07. The van der Waals surface area contributed by atoms with Gasteiger partial charge in [-0.05, 0) is 23.3 Å². The van der Waals surface area contributed by atoms with Crippen LogP contribution >= 0.6 is 0 Å². The Bertz CT molecular complexity index is 2480. The van der Waals surface area contributed by atoms with Crippen LogP contribution in [0.25, 0.3) is 83.9 Å². The van der Waals surface area contributed by atoms with Crippen LogP contribution in [0.1, 0.15) is 0 Å². The highest BCUT2D eigenvalue weighted by Gasteiger charge is 2.22. The third-order valence-corrected chi connectivity index (χ3v) is 9.08. The van der Waals surface area contributed by atoms with Gasteiger partial charge in [0, 0.05) is 38.6 Å². The minimum absolute atomic E-state index is 0.626. The lowest BCUT2D eigenvalue weighted by atomic mass is 9.92. The molecule has 0 aliphatic rings. The second-order valence-electron chi connectivity index (χ2n) is 12.0. The van der Waals surface area contributed by atoms with E-state index in [1.165, 1.54) is 10.8 Å². The largest absolute Gasteiger partial charge is 0.308 e. The molecule has 0 N–H and O–H groups in total. The fourth-order valence-corrected chi connectivity index (χ4v) is 6.86. The molecule has 0 radical (unpaired) electrons. The van der Waals surface area contributed by atoms with Crippen LogP contribution in [0.5, 0.6) is 0 Å². The van der Waals surface area contributed by atoms with Gasteiger partial charge in [0.2, 0.25) is 0 Å². The molecule has 2 aromatic heterocycles. The maximum absolute atomic E-state index is 5.13. The summed E-state index contributed by atoms with van der Waals surface area (Å²) in [5.41, 5.74) is 10.7. The first-order valence-corrected chi connectivity index (χ1v) is 16.5. The standard InChI is InChI=1S/C45H30N4/c1-4-17-31(18-5-1)34-27-16-28-38(42(34)49-40-29-14-12-24-36(40)37-25-13-15-30-41(37)49)35-23-10-11-26-39(35)45-47-43(32-19-6-2-7-20-32)46-44(48-45)33-21-8-3-9-22-33/h1-30H. The smallest absolute Gasteiger partial charge is 0.164 e. The number of nitrogens with zero attached hydrogens (tertiary/aromatic N) is 4. The van der Waals surface area contributed by atoms with Crippen molar-refractivity contribution in [3.8, 4) is 62.1 Å². The summed E-state index contributed by atoms with van der Waals surface area (Å²) in [4.78, 5) is 15.2. The van der Waals surface area contributed by atoms with E-state index in [2.05, 4.69) is 126 Å². The van der Waals surface area contributed by atoms with Gasteiger partial charge in [0.1, 0.15) is 0 Å². The zero-order valence-electron chi connectivity index (χ0n) is 26.6. The quantitative estimate of drug-likeness (QED) is 0.184. The topological polar surface area (TPSA) is 43.6 Å². The van der Waals surface area contributed by atoms with Crippen LogP contribution in [-0.4, -0.2) is 19.5 Å². The summed E-state index contributed by atoms with van der Waals surface area (Å²) >= 11 is 0. The summed E-state index contributed by atoms with van der Waals surface area (Å²) in [7, 11) is 0. The molecule has 0 saturated carbocycles. The molecule has 9 rings (SSSR count). The van der Waals surface area contributed by atoms with Crippen LogP contribution in [0.4, 0.5) is 0 Å². The van der Waals surface area contributed by atoms with Crippen LogP contribution in [0.15, 0.2) is 182 Å². The molecule has 0 aliphatic heterocycles. The minimum Gasteiger partial charge on any atom is -0.308 e. The third-order valence-electron chi connectivity index (χ3n) is 9.08. The normalized spacial score (nSPS) is 11.3. The Morgan fingerprint density at radius 1 is 0.286 bits per heavy atom. The van der Waals surface area contributed by atoms with Gasteiger partial charge in [0.15, 0.2) is 17.5 Å². The molecule has 0 aliphatic carbocycles. The van der Waals surface area contributed by atoms with Crippen molar-refractivity contribution in [3.63, 3.8) is 0 Å². The summed E-state index contributed by atoms with van der Waals surface area (Å²) in [5, 5.41) is 2.44. The number of benzene rings is 7. The number of fused-ring (bicyclic) bond motifs is 3. The third kappa shape index (κ3) is 5.07. The van der Waals surface area contributed by atoms with Gasteiger partial charge in [0.05, 0.1) is 16.7 Å². The zero-order valence-corrected chi connectivity index (χ0v) is 26.6. The van der Waals surface area contributed by atoms with Crippen molar-refractivity contribution in [2.45, 2.75) is 0 Å². The molecule has 4 heteroatoms. The van der Waals surface area contributed by atoms with E-state index >= 15 is 0 Å². The van der Waals surface area contributed by atoms with Gasteiger partial charge in [-0.25, -0.2) is 15.0 Å². The maximum Gasteiger partial charge on any atom is 0.164 e. The molecule has 4 nitrogen and oxygen atoms in total. The van der Waals surface area contributed by atoms with Crippen LogP contribution < -0.4 is 0 Å². The van der Waals surface area contributed by atoms with Crippen LogP contribution in [-0.2, 0) is 0 Å². The van der Waals surface area contributed by atoms with Crippen LogP contribution in [0.3, 0.4) is 0 Å². The van der Waals surface area contributed by atoms with Crippen LogP contribution in [0.2, 0.25) is 0 Å². The van der Waals surface area contributed by atoms with Gasteiger partial charge in [-0.3, -0.25) is 0 Å². The molecule has 0 atom stereocenters. The van der Waals surface area contributed by atoms with Crippen molar-refractivity contribution in [1.82, 2.24) is 19.5 Å². The van der Waals surface area contributed by atoms with Gasteiger partial charge in [-0.1, -0.05) is 170 Å². The average molecular weight is 627 g/mol. The lowest BCUT2D eigenvalue weighted by Crippen LogP contribution is -2.03. The second-order valence-corrected chi connectivity index (χ2v) is 12.0. The van der Waals surface area contributed by atoms with Crippen molar-refractivity contribution < 1.29 is 0 Å². The van der Waals surface area contributed by atoms with Crippen molar-refractivity contribution in [3.05, 3.63) is 182 Å². The lowest BCUT2D eigenvalue weighted by Gasteiger charge is -2.20. The predicted octanol–water partition coefficient (Wildman–Crippen LogP) is 11.3. The first-order valence-electron chi connectivity index (χ1n) is 16.5. The molecule has 0 bridgehead atoms. The molecule has 0 spiro atoms. The molecule has 9 aromatic rings. The maximum atomic E-state index is 5.13. The van der Waals surface area contributed by atoms with Crippen molar-refractivity contribution in [2.75, 3.05) is 0 Å². The van der Waals surface area contributed by atoms with Crippen molar-refractivity contribution >= 4 is 21.8 Å². The molecule has 0 amide bonds. The Morgan fingerprint density at radius 2 is 0.694 bits per heavy atom. The van der Waals surface area contributed by atoms with E-state index in [1.54, 1.807) is 0 Å². The summed E-state index contributed by atoms with van der Waals surface area (Å²) < 4.78 is 2.43. The number of aromatic nitrogens is 4. The number of hydrogen-bond acceptors (Lipinski definition) is 3. The number of para-hydroxylation sites is 3. The fourth-order valence-electron chi connectivity index (χ4n) is 6.86. The minimum atomic E-state index is 0.626. The van der Waals surface area contributed by atoms with E-state index in [0.29, 0.717) is 17.5 Å². The van der Waals surface area contributed by atoms with E-state index in [0.717, 1.165) is 55.7 Å². The Balaban J connectivity index is 1.35. The van der Waals surface area contributed by atoms with E-state index in [1.807, 2.05) is 60.7 Å². The fraction of sp³-hybridized carbons (Fsp3) is 0. The van der Waals surface area contributed by atoms with Gasteiger partial charge >= 0.3 is 0 Å². The summed E-state index contributed by atoms with van der Waals surface area (Å²) in [5.74, 6) is 1.90. The predicted molar refractivity (Wildman–Crippen MR) is 201 cm³/mol. The van der Waals surface area contributed by atoms with Gasteiger partial charge in [-0.15, -0.1) is 0 Å². The highest BCUT2D eigenvalue weighted by molar-refractivity contribution is 6.10. The molecule has 7 aromatic carbocycles. The first-order chi connectivity index (χ1) is 24.3. The summed E-state index contributed by atoms with van der Waals surface area (Å²) in [6, 6.07) is 63.3.